The molecule has 0 aromatic rings. The zero-order valence-corrected chi connectivity index (χ0v) is 11.5. The zero-order valence-electron chi connectivity index (χ0n) is 10.6. The molecule has 17 heavy (non-hydrogen) atoms. The summed E-state index contributed by atoms with van der Waals surface area (Å²) in [7, 11) is -2.96. The number of amidine groups is 1. The van der Waals surface area contributed by atoms with Crippen molar-refractivity contribution in [2.24, 2.45) is 5.73 Å². The third-order valence-corrected chi connectivity index (χ3v) is 5.30. The van der Waals surface area contributed by atoms with Gasteiger partial charge in [-0.3, -0.25) is 10.3 Å². The fourth-order valence-corrected chi connectivity index (χ4v) is 2.62. The number of nitrogens with zero attached hydrogens (tertiary/aromatic N) is 1. The topological polar surface area (TPSA) is 87.2 Å². The number of rotatable bonds is 8. The van der Waals surface area contributed by atoms with Crippen molar-refractivity contribution < 1.29 is 8.42 Å². The summed E-state index contributed by atoms with van der Waals surface area (Å²) in [5, 5.41) is 6.90. The van der Waals surface area contributed by atoms with Crippen molar-refractivity contribution in [2.45, 2.75) is 44.4 Å². The molecule has 0 heterocycles. The molecule has 0 saturated heterocycles. The predicted molar refractivity (Wildman–Crippen MR) is 70.0 cm³/mol. The van der Waals surface area contributed by atoms with Crippen LogP contribution in [0.2, 0.25) is 0 Å². The van der Waals surface area contributed by atoms with Crippen LogP contribution in [0.1, 0.15) is 33.1 Å². The van der Waals surface area contributed by atoms with E-state index in [4.69, 9.17) is 11.1 Å². The first-order valence-corrected chi connectivity index (χ1v) is 7.83. The van der Waals surface area contributed by atoms with Crippen LogP contribution in [0.5, 0.6) is 0 Å². The molecule has 0 aromatic carbocycles. The van der Waals surface area contributed by atoms with Crippen LogP contribution >= 0.6 is 0 Å². The molecule has 1 rings (SSSR count). The second kappa shape index (κ2) is 5.82. The quantitative estimate of drug-likeness (QED) is 0.495. The van der Waals surface area contributed by atoms with Gasteiger partial charge in [-0.15, -0.1) is 0 Å². The summed E-state index contributed by atoms with van der Waals surface area (Å²) < 4.78 is 23.4. The van der Waals surface area contributed by atoms with Gasteiger partial charge >= 0.3 is 0 Å². The van der Waals surface area contributed by atoms with Crippen molar-refractivity contribution in [2.75, 3.05) is 18.8 Å². The maximum atomic E-state index is 11.7. The molecule has 0 aliphatic heterocycles. The number of hydrogen-bond acceptors (Lipinski definition) is 4. The van der Waals surface area contributed by atoms with Gasteiger partial charge in [0.05, 0.1) is 16.8 Å². The molecule has 0 amide bonds. The maximum Gasteiger partial charge on any atom is 0.153 e. The monoisotopic (exact) mass is 261 g/mol. The Morgan fingerprint density at radius 1 is 1.41 bits per heavy atom. The predicted octanol–water partition coefficient (Wildman–Crippen LogP) is 0.600. The Balaban J connectivity index is 2.42. The third kappa shape index (κ3) is 5.04. The third-order valence-electron chi connectivity index (χ3n) is 3.11. The Labute approximate surface area is 104 Å². The van der Waals surface area contributed by atoms with Crippen molar-refractivity contribution in [3.05, 3.63) is 0 Å². The van der Waals surface area contributed by atoms with Crippen LogP contribution in [-0.2, 0) is 9.84 Å². The highest BCUT2D eigenvalue weighted by molar-refractivity contribution is 7.92. The first-order valence-electron chi connectivity index (χ1n) is 6.11. The van der Waals surface area contributed by atoms with E-state index in [1.807, 2.05) is 0 Å². The van der Waals surface area contributed by atoms with Crippen LogP contribution in [-0.4, -0.2) is 49.3 Å². The molecule has 0 atom stereocenters. The van der Waals surface area contributed by atoms with E-state index in [9.17, 15) is 8.42 Å². The van der Waals surface area contributed by atoms with E-state index in [1.54, 1.807) is 13.8 Å². The lowest BCUT2D eigenvalue weighted by Crippen LogP contribution is -2.35. The molecule has 0 radical (unpaired) electrons. The van der Waals surface area contributed by atoms with Crippen LogP contribution in [0.25, 0.3) is 0 Å². The van der Waals surface area contributed by atoms with Gasteiger partial charge in [-0.1, -0.05) is 0 Å². The molecule has 1 fully saturated rings. The van der Waals surface area contributed by atoms with E-state index in [-0.39, 0.29) is 16.8 Å². The fourth-order valence-electron chi connectivity index (χ4n) is 1.66. The molecular weight excluding hydrogens is 238 g/mol. The van der Waals surface area contributed by atoms with Crippen molar-refractivity contribution in [1.29, 1.82) is 5.41 Å². The SMILES string of the molecule is CC(C)S(=O)(=O)CCN(CCC(=N)N)C1CC1. The highest BCUT2D eigenvalue weighted by Gasteiger charge is 2.29. The average molecular weight is 261 g/mol. The van der Waals surface area contributed by atoms with E-state index in [1.165, 1.54) is 0 Å². The van der Waals surface area contributed by atoms with E-state index < -0.39 is 9.84 Å². The van der Waals surface area contributed by atoms with Gasteiger partial charge < -0.3 is 5.73 Å². The second-order valence-electron chi connectivity index (χ2n) is 4.96. The maximum absolute atomic E-state index is 11.7. The van der Waals surface area contributed by atoms with Gasteiger partial charge in [-0.05, 0) is 26.7 Å². The van der Waals surface area contributed by atoms with Crippen molar-refractivity contribution in [3.8, 4) is 0 Å². The Kier molecular flexibility index (Phi) is 4.94. The lowest BCUT2D eigenvalue weighted by atomic mass is 10.3. The minimum absolute atomic E-state index is 0.169. The number of sulfone groups is 1. The van der Waals surface area contributed by atoms with Gasteiger partial charge in [-0.25, -0.2) is 8.42 Å². The van der Waals surface area contributed by atoms with Gasteiger partial charge in [0.15, 0.2) is 9.84 Å². The Morgan fingerprint density at radius 2 is 2.00 bits per heavy atom. The summed E-state index contributed by atoms with van der Waals surface area (Å²) in [6, 6.07) is 0.511. The number of nitrogens with one attached hydrogen (secondary N) is 1. The van der Waals surface area contributed by atoms with Gasteiger partial charge in [0, 0.05) is 25.6 Å². The molecule has 0 bridgehead atoms. The van der Waals surface area contributed by atoms with Crippen molar-refractivity contribution >= 4 is 15.7 Å². The molecule has 3 N–H and O–H groups in total. The smallest absolute Gasteiger partial charge is 0.153 e. The van der Waals surface area contributed by atoms with Gasteiger partial charge in [0.1, 0.15) is 0 Å². The van der Waals surface area contributed by atoms with E-state index in [0.29, 0.717) is 25.6 Å². The van der Waals surface area contributed by atoms with Crippen LogP contribution in [0.3, 0.4) is 0 Å². The molecule has 100 valence electrons. The van der Waals surface area contributed by atoms with Gasteiger partial charge in [-0.2, -0.15) is 0 Å². The van der Waals surface area contributed by atoms with Crippen molar-refractivity contribution in [1.82, 2.24) is 4.90 Å². The highest BCUT2D eigenvalue weighted by Crippen LogP contribution is 2.26. The average Bonchev–Trinajstić information content (AvgIpc) is 3.00. The molecule has 0 spiro atoms. The Bertz CT molecular complexity index is 361. The molecule has 0 unspecified atom stereocenters. The minimum Gasteiger partial charge on any atom is -0.388 e. The molecular formula is C11H23N3O2S. The lowest BCUT2D eigenvalue weighted by molar-refractivity contribution is 0.286. The summed E-state index contributed by atoms with van der Waals surface area (Å²) >= 11 is 0. The van der Waals surface area contributed by atoms with Gasteiger partial charge in [0.2, 0.25) is 0 Å². The number of nitrogens with two attached hydrogens (primary N) is 1. The molecule has 5 nitrogen and oxygen atoms in total. The molecule has 6 heteroatoms. The van der Waals surface area contributed by atoms with E-state index >= 15 is 0 Å². The summed E-state index contributed by atoms with van der Waals surface area (Å²) in [6.45, 7) is 4.70. The van der Waals surface area contributed by atoms with Crippen LogP contribution in [0.4, 0.5) is 0 Å². The van der Waals surface area contributed by atoms with Crippen LogP contribution in [0, 0.1) is 5.41 Å². The Morgan fingerprint density at radius 3 is 2.41 bits per heavy atom. The first kappa shape index (κ1) is 14.4. The fraction of sp³-hybridized carbons (Fsp3) is 0.909. The molecule has 0 aromatic heterocycles. The largest absolute Gasteiger partial charge is 0.388 e. The summed E-state index contributed by atoms with van der Waals surface area (Å²) in [5.41, 5.74) is 5.33. The minimum atomic E-state index is -2.96. The molecule has 1 saturated carbocycles. The van der Waals surface area contributed by atoms with Crippen LogP contribution < -0.4 is 5.73 Å². The molecule has 1 aliphatic carbocycles. The van der Waals surface area contributed by atoms with E-state index in [2.05, 4.69) is 4.90 Å². The standard InChI is InChI=1S/C11H23N3O2S/c1-9(2)17(15,16)8-7-14(10-3-4-10)6-5-11(12)13/h9-10H,3-8H2,1-2H3,(H3,12,13). The lowest BCUT2D eigenvalue weighted by Gasteiger charge is -2.22. The summed E-state index contributed by atoms with van der Waals surface area (Å²) in [4.78, 5) is 2.15. The normalized spacial score (nSPS) is 16.7. The van der Waals surface area contributed by atoms with Gasteiger partial charge in [0.25, 0.3) is 0 Å². The zero-order chi connectivity index (χ0) is 13.1. The summed E-state index contributed by atoms with van der Waals surface area (Å²) in [5.74, 6) is 0.376. The van der Waals surface area contributed by atoms with E-state index in [0.717, 1.165) is 12.8 Å². The second-order valence-corrected chi connectivity index (χ2v) is 7.63. The van der Waals surface area contributed by atoms with Crippen molar-refractivity contribution in [3.63, 3.8) is 0 Å². The van der Waals surface area contributed by atoms with Crippen LogP contribution in [0.15, 0.2) is 0 Å². The molecule has 1 aliphatic rings. The number of hydrogen-bond donors (Lipinski definition) is 2. The first-order chi connectivity index (χ1) is 7.83. The summed E-state index contributed by atoms with van der Waals surface area (Å²) in [6.07, 6.45) is 2.80. The highest BCUT2D eigenvalue weighted by atomic mass is 32.2. The Hall–Kier alpha value is -0.620.